The lowest BCUT2D eigenvalue weighted by atomic mass is 10.2. The number of rotatable bonds is 3. The van der Waals surface area contributed by atoms with Crippen LogP contribution >= 0.6 is 0 Å². The predicted molar refractivity (Wildman–Crippen MR) is 30.3 cm³/mol. The van der Waals surface area contributed by atoms with Crippen molar-refractivity contribution in [1.29, 1.82) is 0 Å². The molecule has 0 saturated heterocycles. The monoisotopic (exact) mass is 138 g/mol. The van der Waals surface area contributed by atoms with E-state index in [9.17, 15) is 13.2 Å². The molecule has 0 saturated carbocycles. The van der Waals surface area contributed by atoms with Gasteiger partial charge in [-0.2, -0.15) is 0 Å². The van der Waals surface area contributed by atoms with Crippen LogP contribution in [0, 0.1) is 0 Å². The summed E-state index contributed by atoms with van der Waals surface area (Å²) in [6.07, 6.45) is -1.49. The average molecular weight is 138 g/mol. The minimum absolute atomic E-state index is 0.684. The van der Waals surface area contributed by atoms with Crippen molar-refractivity contribution in [1.82, 2.24) is 0 Å². The maximum atomic E-state index is 12.0. The first-order valence-electron chi connectivity index (χ1n) is 2.60. The van der Waals surface area contributed by atoms with Gasteiger partial charge in [-0.25, -0.2) is 13.2 Å². The number of allylic oxidation sites excluding steroid dienone is 1. The summed E-state index contributed by atoms with van der Waals surface area (Å²) in [7, 11) is 0. The van der Waals surface area contributed by atoms with Crippen molar-refractivity contribution in [3.05, 3.63) is 12.7 Å². The second-order valence-electron chi connectivity index (χ2n) is 2.03. The molecule has 0 heterocycles. The average Bonchev–Trinajstić information content (AvgIpc) is 1.62. The summed E-state index contributed by atoms with van der Waals surface area (Å²) in [5, 5.41) is 0. The zero-order valence-corrected chi connectivity index (χ0v) is 5.20. The van der Waals surface area contributed by atoms with E-state index in [1.165, 1.54) is 0 Å². The Morgan fingerprint density at radius 3 is 2.22 bits per heavy atom. The number of hydrogen-bond acceptors (Lipinski definition) is 0. The lowest BCUT2D eigenvalue weighted by Gasteiger charge is -2.09. The zero-order chi connectivity index (χ0) is 7.49. The van der Waals surface area contributed by atoms with E-state index >= 15 is 0 Å². The molecule has 0 aromatic heterocycles. The Morgan fingerprint density at radius 1 is 1.67 bits per heavy atom. The van der Waals surface area contributed by atoms with Crippen molar-refractivity contribution in [2.24, 2.45) is 0 Å². The second kappa shape index (κ2) is 2.90. The van der Waals surface area contributed by atoms with Crippen LogP contribution in [0.2, 0.25) is 0 Å². The van der Waals surface area contributed by atoms with Crippen molar-refractivity contribution < 1.29 is 13.2 Å². The third-order valence-corrected chi connectivity index (χ3v) is 0.809. The molecule has 0 spiro atoms. The van der Waals surface area contributed by atoms with E-state index in [-0.39, 0.29) is 0 Å². The van der Waals surface area contributed by atoms with Gasteiger partial charge in [-0.1, -0.05) is 6.08 Å². The van der Waals surface area contributed by atoms with Crippen molar-refractivity contribution >= 4 is 0 Å². The van der Waals surface area contributed by atoms with E-state index in [2.05, 4.69) is 6.58 Å². The first-order chi connectivity index (χ1) is 3.95. The maximum absolute atomic E-state index is 12.0. The quantitative estimate of drug-likeness (QED) is 0.526. The highest BCUT2D eigenvalue weighted by atomic mass is 19.3. The fourth-order valence-electron chi connectivity index (χ4n) is 0.426. The summed E-state index contributed by atoms with van der Waals surface area (Å²) in [5.41, 5.74) is 0. The molecule has 0 aliphatic carbocycles. The molecule has 0 unspecified atom stereocenters. The number of halogens is 3. The first kappa shape index (κ1) is 8.53. The van der Waals surface area contributed by atoms with Gasteiger partial charge in [-0.05, 0) is 6.92 Å². The third-order valence-electron chi connectivity index (χ3n) is 0.809. The van der Waals surface area contributed by atoms with Crippen LogP contribution in [0.15, 0.2) is 12.7 Å². The molecule has 54 valence electrons. The largest absolute Gasteiger partial charge is 0.248 e. The molecule has 0 aliphatic rings. The summed E-state index contributed by atoms with van der Waals surface area (Å²) in [6.45, 7) is 3.72. The Hall–Kier alpha value is -0.470. The van der Waals surface area contributed by atoms with Gasteiger partial charge < -0.3 is 0 Å². The molecule has 0 aromatic carbocycles. The molecule has 0 aliphatic heterocycles. The maximum Gasteiger partial charge on any atom is 0.248 e. The normalized spacial score (nSPS) is 15.1. The van der Waals surface area contributed by atoms with E-state index in [1.54, 1.807) is 0 Å². The van der Waals surface area contributed by atoms with Gasteiger partial charge in [-0.15, -0.1) is 6.58 Å². The Bertz CT molecular complexity index is 93.0. The molecule has 3 heteroatoms. The number of hydrogen-bond donors (Lipinski definition) is 0. The smallest absolute Gasteiger partial charge is 0.243 e. The Kier molecular flexibility index (Phi) is 2.74. The highest BCUT2D eigenvalue weighted by Crippen LogP contribution is 2.20. The Morgan fingerprint density at radius 2 is 2.11 bits per heavy atom. The van der Waals surface area contributed by atoms with Gasteiger partial charge in [-0.3, -0.25) is 0 Å². The van der Waals surface area contributed by atoms with Crippen LogP contribution in [0.5, 0.6) is 0 Å². The highest BCUT2D eigenvalue weighted by Gasteiger charge is 2.24. The molecule has 0 radical (unpaired) electrons. The van der Waals surface area contributed by atoms with Gasteiger partial charge in [0.15, 0.2) is 0 Å². The standard InChI is InChI=1S/C6H9F3/c1-3-5(7)4-6(2,8)9/h3,5H,1,4H2,2H3/t5-/m1/s1. The van der Waals surface area contributed by atoms with Gasteiger partial charge in [0.05, 0.1) is 0 Å². The van der Waals surface area contributed by atoms with E-state index in [1.807, 2.05) is 0 Å². The fraction of sp³-hybridized carbons (Fsp3) is 0.667. The minimum Gasteiger partial charge on any atom is -0.243 e. The van der Waals surface area contributed by atoms with E-state index in [4.69, 9.17) is 0 Å². The van der Waals surface area contributed by atoms with E-state index < -0.39 is 18.5 Å². The number of alkyl halides is 3. The van der Waals surface area contributed by atoms with Crippen LogP contribution in [0.1, 0.15) is 13.3 Å². The summed E-state index contributed by atoms with van der Waals surface area (Å²) in [4.78, 5) is 0. The third kappa shape index (κ3) is 5.40. The van der Waals surface area contributed by atoms with E-state index in [0.29, 0.717) is 6.92 Å². The lowest BCUT2D eigenvalue weighted by Crippen LogP contribution is -2.15. The van der Waals surface area contributed by atoms with Crippen molar-refractivity contribution in [3.63, 3.8) is 0 Å². The summed E-state index contributed by atoms with van der Waals surface area (Å²) in [5.74, 6) is -2.92. The second-order valence-corrected chi connectivity index (χ2v) is 2.03. The molecule has 0 rings (SSSR count). The van der Waals surface area contributed by atoms with Crippen molar-refractivity contribution in [2.75, 3.05) is 0 Å². The van der Waals surface area contributed by atoms with Gasteiger partial charge in [0.1, 0.15) is 6.17 Å². The van der Waals surface area contributed by atoms with Crippen LogP contribution in [-0.4, -0.2) is 12.1 Å². The molecule has 0 bridgehead atoms. The highest BCUT2D eigenvalue weighted by molar-refractivity contribution is 4.81. The van der Waals surface area contributed by atoms with Gasteiger partial charge in [0.25, 0.3) is 0 Å². The molecule has 0 N–H and O–H groups in total. The summed E-state index contributed by atoms with van der Waals surface area (Å²) >= 11 is 0. The van der Waals surface area contributed by atoms with Crippen LogP contribution < -0.4 is 0 Å². The predicted octanol–water partition coefficient (Wildman–Crippen LogP) is 2.56. The molecule has 0 amide bonds. The molecule has 0 nitrogen and oxygen atoms in total. The van der Waals surface area contributed by atoms with Crippen LogP contribution in [0.3, 0.4) is 0 Å². The van der Waals surface area contributed by atoms with Gasteiger partial charge >= 0.3 is 0 Å². The fourth-order valence-corrected chi connectivity index (χ4v) is 0.426. The Balaban J connectivity index is 3.59. The summed E-state index contributed by atoms with van der Waals surface area (Å²) < 4.78 is 35.8. The van der Waals surface area contributed by atoms with Crippen LogP contribution in [0.4, 0.5) is 13.2 Å². The Labute approximate surface area is 52.4 Å². The minimum atomic E-state index is -2.92. The molecule has 0 aromatic rings. The molecule has 9 heavy (non-hydrogen) atoms. The molecular formula is C6H9F3. The van der Waals surface area contributed by atoms with Crippen LogP contribution in [0.25, 0.3) is 0 Å². The lowest BCUT2D eigenvalue weighted by molar-refractivity contribution is -0.00243. The SMILES string of the molecule is C=C[C@@H](F)CC(C)(F)F. The van der Waals surface area contributed by atoms with Gasteiger partial charge in [0.2, 0.25) is 5.92 Å². The summed E-state index contributed by atoms with van der Waals surface area (Å²) in [6, 6.07) is 0. The van der Waals surface area contributed by atoms with Crippen LogP contribution in [-0.2, 0) is 0 Å². The van der Waals surface area contributed by atoms with Crippen molar-refractivity contribution in [2.45, 2.75) is 25.4 Å². The van der Waals surface area contributed by atoms with Gasteiger partial charge in [0, 0.05) is 6.42 Å². The molecular weight excluding hydrogens is 129 g/mol. The first-order valence-corrected chi connectivity index (χ1v) is 2.60. The zero-order valence-electron chi connectivity index (χ0n) is 5.20. The van der Waals surface area contributed by atoms with E-state index in [0.717, 1.165) is 6.08 Å². The topological polar surface area (TPSA) is 0 Å². The van der Waals surface area contributed by atoms with Crippen molar-refractivity contribution in [3.8, 4) is 0 Å². The molecule has 1 atom stereocenters. The molecule has 0 fully saturated rings.